The molecule has 1 aliphatic heterocycles. The Morgan fingerprint density at radius 3 is 2.38 bits per heavy atom. The lowest BCUT2D eigenvalue weighted by Gasteiger charge is -2.26. The maximum Gasteiger partial charge on any atom is 0.328 e. The number of ether oxygens (including phenoxy) is 1. The summed E-state index contributed by atoms with van der Waals surface area (Å²) in [5, 5.41) is 21.4. The van der Waals surface area contributed by atoms with Gasteiger partial charge < -0.3 is 19.8 Å². The molecular formula is C30H31FN4O5. The van der Waals surface area contributed by atoms with Gasteiger partial charge in [0.1, 0.15) is 17.3 Å². The Kier molecular flexibility index (Phi) is 9.95. The van der Waals surface area contributed by atoms with Crippen LogP contribution in [-0.2, 0) is 9.59 Å². The van der Waals surface area contributed by atoms with E-state index in [9.17, 15) is 14.0 Å². The molecule has 2 aromatic heterocycles. The van der Waals surface area contributed by atoms with Crippen molar-refractivity contribution in [1.82, 2.24) is 19.7 Å². The molecular weight excluding hydrogens is 515 g/mol. The lowest BCUT2D eigenvalue weighted by Crippen LogP contribution is -2.31. The SMILES string of the molecule is Fc1ccc(-c2nn(-c3cccc(OCCCN4CCCCC4)c3)c3ncccc23)cc1.O=C(O)C=CC(=O)O. The number of piperidine rings is 1. The molecule has 1 fully saturated rings. The number of hydrogen-bond acceptors (Lipinski definition) is 6. The highest BCUT2D eigenvalue weighted by Gasteiger charge is 2.15. The third-order valence-electron chi connectivity index (χ3n) is 6.33. The number of pyridine rings is 1. The van der Waals surface area contributed by atoms with Crippen molar-refractivity contribution < 1.29 is 28.9 Å². The molecule has 4 aromatic rings. The minimum Gasteiger partial charge on any atom is -0.493 e. The fourth-order valence-electron chi connectivity index (χ4n) is 4.46. The van der Waals surface area contributed by atoms with Crippen LogP contribution in [0.5, 0.6) is 5.75 Å². The summed E-state index contributed by atoms with van der Waals surface area (Å²) in [6.07, 6.45) is 7.88. The number of aromatic nitrogens is 3. The summed E-state index contributed by atoms with van der Waals surface area (Å²) >= 11 is 0. The molecule has 40 heavy (non-hydrogen) atoms. The number of nitrogens with zero attached hydrogens (tertiary/aromatic N) is 4. The van der Waals surface area contributed by atoms with Gasteiger partial charge in [-0.3, -0.25) is 0 Å². The molecule has 0 amide bonds. The summed E-state index contributed by atoms with van der Waals surface area (Å²) in [7, 11) is 0. The number of carboxylic acids is 2. The Morgan fingerprint density at radius 2 is 1.68 bits per heavy atom. The molecule has 5 rings (SSSR count). The number of benzene rings is 2. The van der Waals surface area contributed by atoms with E-state index < -0.39 is 11.9 Å². The highest BCUT2D eigenvalue weighted by Crippen LogP contribution is 2.29. The van der Waals surface area contributed by atoms with E-state index in [-0.39, 0.29) is 5.82 Å². The largest absolute Gasteiger partial charge is 0.493 e. The van der Waals surface area contributed by atoms with E-state index in [4.69, 9.17) is 20.0 Å². The predicted molar refractivity (Wildman–Crippen MR) is 149 cm³/mol. The third-order valence-corrected chi connectivity index (χ3v) is 6.33. The van der Waals surface area contributed by atoms with Gasteiger partial charge in [0, 0.05) is 41.9 Å². The molecule has 0 radical (unpaired) electrons. The highest BCUT2D eigenvalue weighted by molar-refractivity contribution is 5.92. The molecule has 9 nitrogen and oxygen atoms in total. The first-order valence-electron chi connectivity index (χ1n) is 13.1. The molecule has 1 aliphatic rings. The van der Waals surface area contributed by atoms with Gasteiger partial charge in [0.25, 0.3) is 0 Å². The van der Waals surface area contributed by atoms with Crippen molar-refractivity contribution in [3.63, 3.8) is 0 Å². The minimum absolute atomic E-state index is 0.263. The van der Waals surface area contributed by atoms with Gasteiger partial charge in [-0.2, -0.15) is 5.10 Å². The van der Waals surface area contributed by atoms with Crippen molar-refractivity contribution in [3.05, 3.63) is 84.8 Å². The van der Waals surface area contributed by atoms with Crippen LogP contribution in [0.1, 0.15) is 25.7 Å². The molecule has 0 atom stereocenters. The van der Waals surface area contributed by atoms with Gasteiger partial charge >= 0.3 is 11.9 Å². The molecule has 2 aromatic carbocycles. The number of likely N-dealkylation sites (tertiary alicyclic amines) is 1. The van der Waals surface area contributed by atoms with Crippen molar-refractivity contribution in [1.29, 1.82) is 0 Å². The number of fused-ring (bicyclic) bond motifs is 1. The summed E-state index contributed by atoms with van der Waals surface area (Å²) < 4.78 is 21.3. The molecule has 0 aliphatic carbocycles. The first-order chi connectivity index (χ1) is 19.4. The van der Waals surface area contributed by atoms with Gasteiger partial charge in [-0.25, -0.2) is 23.6 Å². The lowest BCUT2D eigenvalue weighted by molar-refractivity contribution is -0.134. The van der Waals surface area contributed by atoms with Crippen LogP contribution in [0.25, 0.3) is 28.0 Å². The van der Waals surface area contributed by atoms with E-state index in [0.29, 0.717) is 18.8 Å². The second kappa shape index (κ2) is 14.0. The van der Waals surface area contributed by atoms with Crippen LogP contribution >= 0.6 is 0 Å². The molecule has 1 saturated heterocycles. The van der Waals surface area contributed by atoms with E-state index in [1.165, 1.54) is 44.5 Å². The Bertz CT molecular complexity index is 1450. The maximum atomic E-state index is 13.4. The first-order valence-corrected chi connectivity index (χ1v) is 13.1. The van der Waals surface area contributed by atoms with Crippen molar-refractivity contribution in [2.75, 3.05) is 26.2 Å². The van der Waals surface area contributed by atoms with Crippen LogP contribution in [0, 0.1) is 5.82 Å². The summed E-state index contributed by atoms with van der Waals surface area (Å²) in [5.41, 5.74) is 3.28. The Morgan fingerprint density at radius 1 is 0.950 bits per heavy atom. The second-order valence-electron chi connectivity index (χ2n) is 9.25. The molecule has 0 spiro atoms. The van der Waals surface area contributed by atoms with E-state index >= 15 is 0 Å². The number of rotatable bonds is 9. The third kappa shape index (κ3) is 7.97. The standard InChI is InChI=1S/C26H27FN4O.C4H4O4/c27-21-12-10-20(11-13-21)25-24-9-5-14-28-26(24)31(29-25)22-7-4-8-23(19-22)32-18-6-17-30-15-2-1-3-16-30;5-3(6)1-2-4(7)8/h4-5,7-14,19H,1-3,6,15-18H2;1-2H,(H,5,6)(H,7,8). The fourth-order valence-corrected chi connectivity index (χ4v) is 4.46. The van der Waals surface area contributed by atoms with Gasteiger partial charge in [-0.1, -0.05) is 12.5 Å². The van der Waals surface area contributed by atoms with Crippen molar-refractivity contribution >= 4 is 23.0 Å². The van der Waals surface area contributed by atoms with Crippen LogP contribution in [0.4, 0.5) is 4.39 Å². The number of carboxylic acid groups (broad SMARTS) is 2. The number of aliphatic carboxylic acids is 2. The van der Waals surface area contributed by atoms with Crippen LogP contribution in [0.3, 0.4) is 0 Å². The lowest BCUT2D eigenvalue weighted by atomic mass is 10.1. The van der Waals surface area contributed by atoms with Crippen molar-refractivity contribution in [2.45, 2.75) is 25.7 Å². The number of halogens is 1. The predicted octanol–water partition coefficient (Wildman–Crippen LogP) is 5.19. The zero-order valence-electron chi connectivity index (χ0n) is 21.9. The Hall–Kier alpha value is -4.57. The van der Waals surface area contributed by atoms with Crippen LogP contribution < -0.4 is 4.74 Å². The van der Waals surface area contributed by atoms with Gasteiger partial charge in [-0.05, 0) is 80.9 Å². The summed E-state index contributed by atoms with van der Waals surface area (Å²) in [6.45, 7) is 4.21. The zero-order chi connectivity index (χ0) is 28.3. The molecule has 2 N–H and O–H groups in total. The van der Waals surface area contributed by atoms with E-state index in [1.807, 2.05) is 41.1 Å². The van der Waals surface area contributed by atoms with Crippen LogP contribution in [0.2, 0.25) is 0 Å². The molecule has 0 saturated carbocycles. The summed E-state index contributed by atoms with van der Waals surface area (Å²) in [6, 6.07) is 18.2. The van der Waals surface area contributed by atoms with Gasteiger partial charge in [0.05, 0.1) is 12.3 Å². The quantitative estimate of drug-likeness (QED) is 0.218. The smallest absolute Gasteiger partial charge is 0.328 e. The maximum absolute atomic E-state index is 13.4. The Labute approximate surface area is 231 Å². The Balaban J connectivity index is 0.000000406. The van der Waals surface area contributed by atoms with Crippen molar-refractivity contribution in [3.8, 4) is 22.7 Å². The van der Waals surface area contributed by atoms with Crippen LogP contribution in [0.15, 0.2) is 79.0 Å². The topological polar surface area (TPSA) is 118 Å². The monoisotopic (exact) mass is 546 g/mol. The average molecular weight is 547 g/mol. The fraction of sp³-hybridized carbons (Fsp3) is 0.267. The van der Waals surface area contributed by atoms with Gasteiger partial charge in [0.15, 0.2) is 5.65 Å². The molecule has 208 valence electrons. The van der Waals surface area contributed by atoms with Crippen LogP contribution in [-0.4, -0.2) is 68.1 Å². The molecule has 0 bridgehead atoms. The van der Waals surface area contributed by atoms with Crippen molar-refractivity contribution in [2.24, 2.45) is 0 Å². The first kappa shape index (κ1) is 28.4. The molecule has 3 heterocycles. The highest BCUT2D eigenvalue weighted by atomic mass is 19.1. The zero-order valence-corrected chi connectivity index (χ0v) is 21.9. The molecule has 10 heteroatoms. The summed E-state index contributed by atoms with van der Waals surface area (Å²) in [4.78, 5) is 26.2. The number of hydrogen-bond donors (Lipinski definition) is 2. The van der Waals surface area contributed by atoms with E-state index in [1.54, 1.807) is 18.3 Å². The second-order valence-corrected chi connectivity index (χ2v) is 9.25. The van der Waals surface area contributed by atoms with E-state index in [2.05, 4.69) is 9.88 Å². The van der Waals surface area contributed by atoms with Gasteiger partial charge in [-0.15, -0.1) is 0 Å². The summed E-state index contributed by atoms with van der Waals surface area (Å²) in [5.74, 6) is -1.95. The van der Waals surface area contributed by atoms with E-state index in [0.717, 1.165) is 46.7 Å². The molecule has 0 unspecified atom stereocenters. The number of carbonyl (C=O) groups is 2. The average Bonchev–Trinajstić information content (AvgIpc) is 3.36. The van der Waals surface area contributed by atoms with Gasteiger partial charge in [0.2, 0.25) is 0 Å². The normalized spacial score (nSPS) is 13.6. The minimum atomic E-state index is -1.26.